The van der Waals surface area contributed by atoms with Crippen molar-refractivity contribution >= 4 is 11.9 Å². The average molecular weight is 239 g/mol. The van der Waals surface area contributed by atoms with Gasteiger partial charge >= 0.3 is 6.03 Å². The summed E-state index contributed by atoms with van der Waals surface area (Å²) >= 11 is 0. The summed E-state index contributed by atoms with van der Waals surface area (Å²) in [5.74, 6) is 0.963. The molecule has 0 saturated heterocycles. The van der Waals surface area contributed by atoms with Gasteiger partial charge in [-0.05, 0) is 12.3 Å². The Morgan fingerprint density at radius 1 is 1.35 bits per heavy atom. The van der Waals surface area contributed by atoms with Gasteiger partial charge in [-0.25, -0.2) is 4.79 Å². The first-order chi connectivity index (χ1) is 8.06. The summed E-state index contributed by atoms with van der Waals surface area (Å²) < 4.78 is 0. The van der Waals surface area contributed by atoms with Crippen LogP contribution in [0.15, 0.2) is 4.99 Å². The molecule has 0 aliphatic carbocycles. The van der Waals surface area contributed by atoms with Gasteiger partial charge in [-0.3, -0.25) is 0 Å². The number of rotatable bonds is 7. The fourth-order valence-corrected chi connectivity index (χ4v) is 2.21. The van der Waals surface area contributed by atoms with Crippen molar-refractivity contribution in [3.05, 3.63) is 0 Å². The summed E-state index contributed by atoms with van der Waals surface area (Å²) in [6, 6.07) is -0.113. The summed E-state index contributed by atoms with van der Waals surface area (Å²) in [5, 5.41) is 0. The molecule has 17 heavy (non-hydrogen) atoms. The monoisotopic (exact) mass is 239 g/mol. The fraction of sp³-hybridized carbons (Fsp3) is 0.846. The molecule has 4 heteroatoms. The van der Waals surface area contributed by atoms with Gasteiger partial charge in [0.2, 0.25) is 0 Å². The van der Waals surface area contributed by atoms with Gasteiger partial charge < -0.3 is 10.6 Å². The molecule has 0 bridgehead atoms. The first-order valence-electron chi connectivity index (χ1n) is 6.71. The highest BCUT2D eigenvalue weighted by Crippen LogP contribution is 2.19. The molecule has 1 rings (SSSR count). The third kappa shape index (κ3) is 4.02. The Bertz CT molecular complexity index is 286. The Kier molecular flexibility index (Phi) is 5.45. The van der Waals surface area contributed by atoms with Crippen LogP contribution in [-0.4, -0.2) is 29.4 Å². The molecule has 2 N–H and O–H groups in total. The van der Waals surface area contributed by atoms with Crippen LogP contribution >= 0.6 is 0 Å². The van der Waals surface area contributed by atoms with Crippen LogP contribution < -0.4 is 5.73 Å². The Morgan fingerprint density at radius 2 is 2.06 bits per heavy atom. The van der Waals surface area contributed by atoms with Crippen LogP contribution in [0.4, 0.5) is 4.79 Å². The van der Waals surface area contributed by atoms with Crippen LogP contribution in [0.3, 0.4) is 0 Å². The fourth-order valence-electron chi connectivity index (χ4n) is 2.21. The maximum Gasteiger partial charge on any atom is 0.345 e. The summed E-state index contributed by atoms with van der Waals surface area (Å²) in [7, 11) is 0. The predicted octanol–water partition coefficient (Wildman–Crippen LogP) is 2.77. The quantitative estimate of drug-likeness (QED) is 0.694. The van der Waals surface area contributed by atoms with E-state index < -0.39 is 0 Å². The van der Waals surface area contributed by atoms with E-state index in [1.165, 1.54) is 19.3 Å². The molecule has 1 aliphatic heterocycles. The zero-order valence-electron chi connectivity index (χ0n) is 11.3. The highest BCUT2D eigenvalue weighted by Gasteiger charge is 2.32. The van der Waals surface area contributed by atoms with E-state index in [2.05, 4.69) is 25.8 Å². The molecular formula is C13H25N3O. The lowest BCUT2D eigenvalue weighted by Crippen LogP contribution is -2.42. The molecule has 1 heterocycles. The third-order valence-corrected chi connectivity index (χ3v) is 3.08. The number of carbonyl (C=O) groups is 1. The number of nitrogens with zero attached hydrogens (tertiary/aromatic N) is 2. The third-order valence-electron chi connectivity index (χ3n) is 3.08. The summed E-state index contributed by atoms with van der Waals surface area (Å²) in [6.45, 7) is 7.16. The van der Waals surface area contributed by atoms with Crippen molar-refractivity contribution in [3.8, 4) is 0 Å². The Balaban J connectivity index is 2.48. The smallest absolute Gasteiger partial charge is 0.345 e. The minimum absolute atomic E-state index is 0.0433. The number of carbonyl (C=O) groups excluding carboxylic acids is 1. The summed E-state index contributed by atoms with van der Waals surface area (Å²) in [6.07, 6.45) is 5.76. The second kappa shape index (κ2) is 6.62. The number of hydrogen-bond donors (Lipinski definition) is 1. The Labute approximate surface area is 104 Å². The van der Waals surface area contributed by atoms with Crippen molar-refractivity contribution in [3.63, 3.8) is 0 Å². The van der Waals surface area contributed by atoms with E-state index >= 15 is 0 Å². The highest BCUT2D eigenvalue weighted by atomic mass is 16.2. The zero-order valence-corrected chi connectivity index (χ0v) is 11.3. The van der Waals surface area contributed by atoms with Gasteiger partial charge in [-0.2, -0.15) is 4.99 Å². The van der Waals surface area contributed by atoms with Gasteiger partial charge in [0.05, 0.1) is 6.04 Å². The molecule has 1 aliphatic rings. The molecule has 2 amide bonds. The second-order valence-corrected chi connectivity index (χ2v) is 5.23. The van der Waals surface area contributed by atoms with Crippen molar-refractivity contribution in [1.29, 1.82) is 0 Å². The van der Waals surface area contributed by atoms with Crippen molar-refractivity contribution in [2.45, 2.75) is 58.9 Å². The topological polar surface area (TPSA) is 58.7 Å². The zero-order chi connectivity index (χ0) is 12.8. The standard InChI is InChI=1S/C13H25N3O/c1-4-5-6-7-8-11-12(14)15-13(17)16(11)9-10(2)3/h10-11H,4-9H2,1-3H3,(H2,14,15,17). The van der Waals surface area contributed by atoms with E-state index in [1.54, 1.807) is 0 Å². The number of aliphatic imine (C=N–C) groups is 1. The van der Waals surface area contributed by atoms with E-state index in [9.17, 15) is 4.79 Å². The Morgan fingerprint density at radius 3 is 2.65 bits per heavy atom. The first kappa shape index (κ1) is 14.0. The number of amidine groups is 1. The van der Waals surface area contributed by atoms with Gasteiger partial charge in [0.15, 0.2) is 0 Å². The lowest BCUT2D eigenvalue weighted by molar-refractivity contribution is 0.195. The number of urea groups is 1. The molecule has 0 spiro atoms. The van der Waals surface area contributed by atoms with Crippen molar-refractivity contribution in [2.75, 3.05) is 6.54 Å². The Hall–Kier alpha value is -1.06. The molecule has 0 aromatic rings. The number of unbranched alkanes of at least 4 members (excludes halogenated alkanes) is 3. The van der Waals surface area contributed by atoms with Crippen LogP contribution in [0, 0.1) is 5.92 Å². The van der Waals surface area contributed by atoms with Gasteiger partial charge in [0.1, 0.15) is 5.84 Å². The van der Waals surface area contributed by atoms with E-state index in [4.69, 9.17) is 5.73 Å². The molecule has 0 aromatic carbocycles. The number of hydrogen-bond acceptors (Lipinski definition) is 2. The van der Waals surface area contributed by atoms with Crippen molar-refractivity contribution < 1.29 is 4.79 Å². The van der Waals surface area contributed by atoms with E-state index in [0.29, 0.717) is 11.8 Å². The predicted molar refractivity (Wildman–Crippen MR) is 71.1 cm³/mol. The van der Waals surface area contributed by atoms with Crippen molar-refractivity contribution in [1.82, 2.24) is 4.90 Å². The first-order valence-corrected chi connectivity index (χ1v) is 6.71. The number of amides is 2. The molecule has 0 fully saturated rings. The molecule has 1 atom stereocenters. The van der Waals surface area contributed by atoms with Crippen molar-refractivity contribution in [2.24, 2.45) is 16.6 Å². The molecule has 0 radical (unpaired) electrons. The van der Waals surface area contributed by atoms with Gasteiger partial charge in [-0.15, -0.1) is 0 Å². The van der Waals surface area contributed by atoms with Gasteiger partial charge in [0, 0.05) is 6.54 Å². The molecule has 98 valence electrons. The van der Waals surface area contributed by atoms with Gasteiger partial charge in [0.25, 0.3) is 0 Å². The van der Waals surface area contributed by atoms with E-state index in [1.807, 2.05) is 4.90 Å². The molecular weight excluding hydrogens is 214 g/mol. The highest BCUT2D eigenvalue weighted by molar-refractivity contribution is 6.02. The van der Waals surface area contributed by atoms with Crippen LogP contribution in [0.1, 0.15) is 52.9 Å². The van der Waals surface area contributed by atoms with Crippen LogP contribution in [0.5, 0.6) is 0 Å². The molecule has 0 aromatic heterocycles. The maximum atomic E-state index is 11.7. The van der Waals surface area contributed by atoms with E-state index in [-0.39, 0.29) is 12.1 Å². The maximum absolute atomic E-state index is 11.7. The molecule has 0 saturated carbocycles. The number of nitrogens with two attached hydrogens (primary N) is 1. The summed E-state index contributed by atoms with van der Waals surface area (Å²) in [5.41, 5.74) is 5.84. The normalized spacial score (nSPS) is 20.2. The molecule has 4 nitrogen and oxygen atoms in total. The SMILES string of the molecule is CCCCCCC1C(N)=NC(=O)N1CC(C)C. The lowest BCUT2D eigenvalue weighted by Gasteiger charge is -2.25. The van der Waals surface area contributed by atoms with Crippen LogP contribution in [0.25, 0.3) is 0 Å². The van der Waals surface area contributed by atoms with E-state index in [0.717, 1.165) is 19.4 Å². The molecule has 1 unspecified atom stereocenters. The second-order valence-electron chi connectivity index (χ2n) is 5.23. The summed E-state index contributed by atoms with van der Waals surface area (Å²) in [4.78, 5) is 17.4. The van der Waals surface area contributed by atoms with Crippen LogP contribution in [-0.2, 0) is 0 Å². The lowest BCUT2D eigenvalue weighted by atomic mass is 10.0. The largest absolute Gasteiger partial charge is 0.385 e. The van der Waals surface area contributed by atoms with Gasteiger partial charge in [-0.1, -0.05) is 46.5 Å². The minimum atomic E-state index is -0.156. The van der Waals surface area contributed by atoms with Crippen LogP contribution in [0.2, 0.25) is 0 Å². The average Bonchev–Trinajstić information content (AvgIpc) is 2.50. The minimum Gasteiger partial charge on any atom is -0.385 e.